The molecular weight excluding hydrogens is 664 g/mol. The van der Waals surface area contributed by atoms with Gasteiger partial charge in [0, 0.05) is 23.9 Å². The van der Waals surface area contributed by atoms with Gasteiger partial charge in [-0.25, -0.2) is 14.5 Å². The Bertz CT molecular complexity index is 1590. The monoisotopic (exact) mass is 697 g/mol. The molecule has 0 aliphatic carbocycles. The molecule has 4 aromatic rings. The summed E-state index contributed by atoms with van der Waals surface area (Å²) in [5.74, 6) is 0.319. The first-order chi connectivity index (χ1) is 19.6. The number of carbonyl (C=O) groups is 1. The lowest BCUT2D eigenvalue weighted by Crippen LogP contribution is -2.28. The van der Waals surface area contributed by atoms with Crippen molar-refractivity contribution in [2.45, 2.75) is 39.2 Å². The molecule has 2 heterocycles. The zero-order valence-electron chi connectivity index (χ0n) is 22.5. The number of aromatic hydroxyl groups is 1. The number of halogens is 1. The number of aryl methyl sites for hydroxylation is 1. The molecule has 12 nitrogen and oxygen atoms in total. The molecule has 220 valence electrons. The third kappa shape index (κ3) is 7.86. The summed E-state index contributed by atoms with van der Waals surface area (Å²) in [7, 11) is -4.93. The van der Waals surface area contributed by atoms with Crippen molar-refractivity contribution >= 4 is 64.1 Å². The zero-order valence-corrected chi connectivity index (χ0v) is 25.6. The fourth-order valence-corrected chi connectivity index (χ4v) is 5.27. The molecule has 41 heavy (non-hydrogen) atoms. The van der Waals surface area contributed by atoms with Crippen LogP contribution in [0.5, 0.6) is 11.5 Å². The van der Waals surface area contributed by atoms with Crippen LogP contribution >= 0.6 is 30.4 Å². The van der Waals surface area contributed by atoms with E-state index in [-0.39, 0.29) is 29.8 Å². The number of hydrogen-bond acceptors (Lipinski definition) is 8. The van der Waals surface area contributed by atoms with Crippen molar-refractivity contribution in [3.05, 3.63) is 53.3 Å². The topological polar surface area (TPSA) is 182 Å². The predicted octanol–water partition coefficient (Wildman–Crippen LogP) is 3.85. The Morgan fingerprint density at radius 2 is 1.98 bits per heavy atom. The number of fused-ring (bicyclic) bond motifs is 3. The number of phenols is 1. The van der Waals surface area contributed by atoms with Gasteiger partial charge < -0.3 is 30.0 Å². The highest BCUT2D eigenvalue weighted by Crippen LogP contribution is 2.44. The number of phosphoric ester groups is 1. The summed E-state index contributed by atoms with van der Waals surface area (Å²) < 4.78 is 24.5. The van der Waals surface area contributed by atoms with Crippen LogP contribution < -0.4 is 15.6 Å². The number of anilines is 1. The van der Waals surface area contributed by atoms with Gasteiger partial charge in [0.2, 0.25) is 5.91 Å². The molecule has 0 unspecified atom stereocenters. The number of amides is 1. The maximum absolute atomic E-state index is 11.6. The van der Waals surface area contributed by atoms with Gasteiger partial charge in [0.15, 0.2) is 17.3 Å². The van der Waals surface area contributed by atoms with Gasteiger partial charge in [-0.15, -0.1) is 0 Å². The molecule has 0 aliphatic rings. The van der Waals surface area contributed by atoms with Crippen molar-refractivity contribution in [1.29, 1.82) is 0 Å². The second-order valence-corrected chi connectivity index (χ2v) is 11.4. The van der Waals surface area contributed by atoms with Crippen molar-refractivity contribution in [2.24, 2.45) is 0 Å². The Morgan fingerprint density at radius 3 is 2.71 bits per heavy atom. The van der Waals surface area contributed by atoms with Crippen LogP contribution in [0, 0.1) is 0 Å². The van der Waals surface area contributed by atoms with Gasteiger partial charge in [-0.2, -0.15) is 0 Å². The number of carbonyl (C=O) groups excluding carboxylic acids is 1. The minimum atomic E-state index is -4.93. The quantitative estimate of drug-likeness (QED) is 0.0562. The fourth-order valence-electron chi connectivity index (χ4n) is 4.55. The van der Waals surface area contributed by atoms with Gasteiger partial charge in [0.1, 0.15) is 11.3 Å². The second-order valence-electron chi connectivity index (χ2n) is 9.46. The molecule has 0 aliphatic heterocycles. The van der Waals surface area contributed by atoms with E-state index in [0.717, 1.165) is 35.1 Å². The van der Waals surface area contributed by atoms with E-state index in [1.54, 1.807) is 12.1 Å². The van der Waals surface area contributed by atoms with Gasteiger partial charge in [-0.05, 0) is 30.5 Å². The van der Waals surface area contributed by atoms with Crippen LogP contribution in [0.15, 0.2) is 36.4 Å². The molecular formula is C27H33IN5O7P. The van der Waals surface area contributed by atoms with Crippen LogP contribution in [0.25, 0.3) is 21.9 Å². The number of alkyl halides is 1. The third-order valence-electron chi connectivity index (χ3n) is 6.44. The van der Waals surface area contributed by atoms with E-state index in [4.69, 9.17) is 20.0 Å². The van der Waals surface area contributed by atoms with Crippen LogP contribution in [0.3, 0.4) is 0 Å². The Balaban J connectivity index is 1.69. The number of pyridine rings is 1. The van der Waals surface area contributed by atoms with Crippen LogP contribution in [0.2, 0.25) is 0 Å². The van der Waals surface area contributed by atoms with Gasteiger partial charge in [-0.3, -0.25) is 14.6 Å². The van der Waals surface area contributed by atoms with Crippen molar-refractivity contribution in [3.8, 4) is 11.5 Å². The number of ether oxygens (including phenoxy) is 1. The molecule has 2 aromatic carbocycles. The molecule has 0 saturated heterocycles. The molecule has 6 N–H and O–H groups in total. The smallest absolute Gasteiger partial charge is 0.504 e. The Hall–Kier alpha value is -2.97. The number of nitrogens with one attached hydrogen (secondary N) is 1. The molecule has 0 atom stereocenters. The van der Waals surface area contributed by atoms with Crippen molar-refractivity contribution < 1.29 is 33.5 Å². The Morgan fingerprint density at radius 1 is 1.17 bits per heavy atom. The first-order valence-corrected chi connectivity index (χ1v) is 16.2. The Labute approximate surface area is 250 Å². The van der Waals surface area contributed by atoms with E-state index in [1.807, 2.05) is 45.4 Å². The summed E-state index contributed by atoms with van der Waals surface area (Å²) in [6, 6.07) is 10.4. The van der Waals surface area contributed by atoms with Gasteiger partial charge >= 0.3 is 7.82 Å². The summed E-state index contributed by atoms with van der Waals surface area (Å²) in [6.07, 6.45) is 3.09. The summed E-state index contributed by atoms with van der Waals surface area (Å²) in [5, 5.41) is 13.9. The van der Waals surface area contributed by atoms with E-state index in [2.05, 4.69) is 17.2 Å². The molecule has 2 aromatic heterocycles. The van der Waals surface area contributed by atoms with E-state index in [9.17, 15) is 24.3 Å². The number of phenolic OH excluding ortho intramolecular Hbond substituents is 1. The number of aromatic nitrogens is 3. The van der Waals surface area contributed by atoms with E-state index in [1.165, 1.54) is 6.07 Å². The number of benzene rings is 2. The Kier molecular flexibility index (Phi) is 10.4. The molecule has 0 saturated carbocycles. The van der Waals surface area contributed by atoms with Crippen molar-refractivity contribution in [3.63, 3.8) is 0 Å². The fraction of sp³-hybridized carbons (Fsp3) is 0.370. The number of rotatable bonds is 14. The highest BCUT2D eigenvalue weighted by atomic mass is 127. The molecule has 0 bridgehead atoms. The number of nitrogens with zero attached hydrogens (tertiary/aromatic N) is 3. The van der Waals surface area contributed by atoms with Crippen LogP contribution in [0.4, 0.5) is 5.82 Å². The number of phosphoric acid groups is 1. The van der Waals surface area contributed by atoms with E-state index >= 15 is 0 Å². The number of nitrogen functional groups attached to an aromatic ring is 1. The SMILES string of the molecule is CCCCc1nc2c(N)nc3cc(CCOCCNC(=O)CI)ccc3c2n1Cc1cccc(O)c1OP(=O)(O)O. The minimum Gasteiger partial charge on any atom is -0.504 e. The lowest BCUT2D eigenvalue weighted by molar-refractivity contribution is -0.118. The van der Waals surface area contributed by atoms with Crippen LogP contribution in [0.1, 0.15) is 36.7 Å². The van der Waals surface area contributed by atoms with E-state index in [0.29, 0.717) is 53.6 Å². The molecule has 0 spiro atoms. The number of imidazole rings is 1. The zero-order chi connectivity index (χ0) is 29.6. The first-order valence-electron chi connectivity index (χ1n) is 13.1. The molecule has 1 amide bonds. The molecule has 0 fully saturated rings. The standard InChI is InChI=1S/C27H33IN5O7P/c1-2-3-7-22-32-24-25(33(22)16-18-5-4-6-21(34)26(18)40-41(36,37)38)19-9-8-17(14-20(19)31-27(24)29)10-12-39-13-11-30-23(35)15-28/h4-6,8-9,14,34H,2-3,7,10-13,15-16H2,1H3,(H2,29,31)(H,30,35)(H2,36,37,38). The number of hydrogen-bond donors (Lipinski definition) is 5. The number of unbranched alkanes of at least 4 members (excludes halogenated alkanes) is 1. The van der Waals surface area contributed by atoms with Gasteiger partial charge in [0.25, 0.3) is 0 Å². The number of nitrogens with two attached hydrogens (primary N) is 1. The molecule has 14 heteroatoms. The minimum absolute atomic E-state index is 0.0228. The second kappa shape index (κ2) is 13.8. The normalized spacial score (nSPS) is 11.8. The summed E-state index contributed by atoms with van der Waals surface area (Å²) in [6.45, 7) is 3.56. The first kappa shape index (κ1) is 31.0. The van der Waals surface area contributed by atoms with Crippen molar-refractivity contribution in [1.82, 2.24) is 19.9 Å². The maximum Gasteiger partial charge on any atom is 0.524 e. The summed E-state index contributed by atoms with van der Waals surface area (Å²) in [4.78, 5) is 39.6. The van der Waals surface area contributed by atoms with Crippen LogP contribution in [-0.4, -0.2) is 59.5 Å². The summed E-state index contributed by atoms with van der Waals surface area (Å²) >= 11 is 2.01. The highest BCUT2D eigenvalue weighted by Gasteiger charge is 2.24. The highest BCUT2D eigenvalue weighted by molar-refractivity contribution is 14.1. The molecule has 4 rings (SSSR count). The maximum atomic E-state index is 11.6. The average molecular weight is 697 g/mol. The van der Waals surface area contributed by atoms with Gasteiger partial charge in [-0.1, -0.05) is 60.2 Å². The number of para-hydroxylation sites is 1. The largest absolute Gasteiger partial charge is 0.524 e. The third-order valence-corrected chi connectivity index (χ3v) is 7.55. The van der Waals surface area contributed by atoms with Gasteiger partial charge in [0.05, 0.1) is 35.2 Å². The van der Waals surface area contributed by atoms with Crippen LogP contribution in [-0.2, 0) is 33.5 Å². The predicted molar refractivity (Wildman–Crippen MR) is 164 cm³/mol. The lowest BCUT2D eigenvalue weighted by Gasteiger charge is -2.16. The molecule has 0 radical (unpaired) electrons. The lowest BCUT2D eigenvalue weighted by atomic mass is 10.1. The van der Waals surface area contributed by atoms with E-state index < -0.39 is 7.82 Å². The van der Waals surface area contributed by atoms with Crippen molar-refractivity contribution in [2.75, 3.05) is 29.9 Å². The average Bonchev–Trinajstić information content (AvgIpc) is 3.29. The summed E-state index contributed by atoms with van der Waals surface area (Å²) in [5.41, 5.74) is 9.71.